The van der Waals surface area contributed by atoms with Crippen molar-refractivity contribution in [2.24, 2.45) is 11.1 Å². The second kappa shape index (κ2) is 7.64. The average molecular weight is 389 g/mol. The first-order valence-corrected chi connectivity index (χ1v) is 9.68. The lowest BCUT2D eigenvalue weighted by Crippen LogP contribution is -2.35. The molecule has 1 atom stereocenters. The highest BCUT2D eigenvalue weighted by Crippen LogP contribution is 2.32. The Morgan fingerprint density at radius 3 is 2.59 bits per heavy atom. The largest absolute Gasteiger partial charge is 0.337 e. The number of likely N-dealkylation sites (tertiary alicyclic amines) is 1. The fourth-order valence-electron chi connectivity index (χ4n) is 4.18. The number of halogens is 1. The standard InChI is InChI=1S/C21H28N4O.ClH/c1-15-7-9-16(10-8-15)25-18-6-4-3-5-17(18)19(23-25)20(26)24-12-11-21(2,13-22)14-24;/h7-10H,3-6,11-14,22H2,1-2H3;1H. The van der Waals surface area contributed by atoms with E-state index in [9.17, 15) is 4.79 Å². The monoisotopic (exact) mass is 388 g/mol. The van der Waals surface area contributed by atoms with E-state index in [-0.39, 0.29) is 23.7 Å². The lowest BCUT2D eigenvalue weighted by molar-refractivity contribution is 0.0769. The number of fused-ring (bicyclic) bond motifs is 1. The second-order valence-corrected chi connectivity index (χ2v) is 8.22. The van der Waals surface area contributed by atoms with E-state index < -0.39 is 0 Å². The van der Waals surface area contributed by atoms with Crippen molar-refractivity contribution in [3.05, 3.63) is 46.8 Å². The summed E-state index contributed by atoms with van der Waals surface area (Å²) in [6.07, 6.45) is 5.20. The zero-order chi connectivity index (χ0) is 18.3. The molecule has 2 aliphatic rings. The minimum atomic E-state index is 0. The summed E-state index contributed by atoms with van der Waals surface area (Å²) in [4.78, 5) is 15.2. The zero-order valence-electron chi connectivity index (χ0n) is 16.2. The van der Waals surface area contributed by atoms with E-state index >= 15 is 0 Å². The molecule has 0 spiro atoms. The molecule has 2 aromatic rings. The first-order valence-electron chi connectivity index (χ1n) is 9.68. The van der Waals surface area contributed by atoms with E-state index in [0.29, 0.717) is 12.2 Å². The van der Waals surface area contributed by atoms with Gasteiger partial charge in [0.1, 0.15) is 0 Å². The lowest BCUT2D eigenvalue weighted by atomic mass is 9.90. The number of nitrogens with two attached hydrogens (primary N) is 1. The molecule has 1 aromatic heterocycles. The molecule has 0 bridgehead atoms. The van der Waals surface area contributed by atoms with Crippen molar-refractivity contribution < 1.29 is 4.79 Å². The second-order valence-electron chi connectivity index (χ2n) is 8.22. The van der Waals surface area contributed by atoms with E-state index in [1.807, 2.05) is 9.58 Å². The summed E-state index contributed by atoms with van der Waals surface area (Å²) >= 11 is 0. The lowest BCUT2D eigenvalue weighted by Gasteiger charge is -2.22. The highest BCUT2D eigenvalue weighted by Gasteiger charge is 2.37. The SMILES string of the molecule is Cc1ccc(-n2nc(C(=O)N3CCC(C)(CN)C3)c3c2CCCC3)cc1.Cl. The molecule has 146 valence electrons. The van der Waals surface area contributed by atoms with Crippen LogP contribution in [0.4, 0.5) is 0 Å². The van der Waals surface area contributed by atoms with Crippen molar-refractivity contribution >= 4 is 18.3 Å². The molecule has 1 saturated heterocycles. The van der Waals surface area contributed by atoms with Crippen LogP contribution in [0, 0.1) is 12.3 Å². The summed E-state index contributed by atoms with van der Waals surface area (Å²) in [6.45, 7) is 6.37. The van der Waals surface area contributed by atoms with E-state index in [2.05, 4.69) is 38.1 Å². The van der Waals surface area contributed by atoms with E-state index in [0.717, 1.165) is 56.4 Å². The Morgan fingerprint density at radius 2 is 1.93 bits per heavy atom. The fourth-order valence-corrected chi connectivity index (χ4v) is 4.18. The van der Waals surface area contributed by atoms with Crippen molar-refractivity contribution in [3.63, 3.8) is 0 Å². The van der Waals surface area contributed by atoms with Crippen LogP contribution in [0.15, 0.2) is 24.3 Å². The number of benzene rings is 1. The highest BCUT2D eigenvalue weighted by molar-refractivity contribution is 5.94. The number of rotatable bonds is 3. The topological polar surface area (TPSA) is 64.2 Å². The molecule has 1 fully saturated rings. The number of aromatic nitrogens is 2. The number of nitrogens with zero attached hydrogens (tertiary/aromatic N) is 3. The Morgan fingerprint density at radius 1 is 1.22 bits per heavy atom. The van der Waals surface area contributed by atoms with Crippen LogP contribution >= 0.6 is 12.4 Å². The Kier molecular flexibility index (Phi) is 5.63. The molecular formula is C21H29ClN4O. The molecule has 6 heteroatoms. The summed E-state index contributed by atoms with van der Waals surface area (Å²) in [5.41, 5.74) is 11.2. The van der Waals surface area contributed by atoms with Gasteiger partial charge in [-0.15, -0.1) is 12.4 Å². The molecule has 1 aliphatic carbocycles. The first-order chi connectivity index (χ1) is 12.5. The van der Waals surface area contributed by atoms with Crippen LogP contribution in [0.25, 0.3) is 5.69 Å². The van der Waals surface area contributed by atoms with Crippen molar-refractivity contribution in [2.45, 2.75) is 46.0 Å². The number of hydrogen-bond acceptors (Lipinski definition) is 3. The minimum absolute atomic E-state index is 0. The van der Waals surface area contributed by atoms with Gasteiger partial charge < -0.3 is 10.6 Å². The number of amides is 1. The number of aryl methyl sites for hydroxylation is 1. The zero-order valence-corrected chi connectivity index (χ0v) is 17.0. The van der Waals surface area contributed by atoms with Gasteiger partial charge in [0.25, 0.3) is 5.91 Å². The molecule has 1 amide bonds. The number of hydrogen-bond donors (Lipinski definition) is 1. The maximum Gasteiger partial charge on any atom is 0.274 e. The maximum absolute atomic E-state index is 13.2. The first kappa shape index (κ1) is 19.9. The van der Waals surface area contributed by atoms with Gasteiger partial charge in [-0.25, -0.2) is 4.68 Å². The van der Waals surface area contributed by atoms with Gasteiger partial charge in [0, 0.05) is 24.3 Å². The molecule has 27 heavy (non-hydrogen) atoms. The molecule has 1 aromatic carbocycles. The normalized spacial score (nSPS) is 21.7. The third-order valence-corrected chi connectivity index (χ3v) is 6.00. The van der Waals surface area contributed by atoms with Gasteiger partial charge in [-0.2, -0.15) is 5.10 Å². The third-order valence-electron chi connectivity index (χ3n) is 6.00. The van der Waals surface area contributed by atoms with Gasteiger partial charge in [0.05, 0.1) is 5.69 Å². The Balaban J connectivity index is 0.00000210. The molecule has 0 radical (unpaired) electrons. The van der Waals surface area contributed by atoms with Gasteiger partial charge >= 0.3 is 0 Å². The molecule has 2 heterocycles. The molecule has 4 rings (SSSR count). The van der Waals surface area contributed by atoms with Gasteiger partial charge in [0.15, 0.2) is 5.69 Å². The van der Waals surface area contributed by atoms with Crippen LogP contribution in [0.3, 0.4) is 0 Å². The predicted molar refractivity (Wildman–Crippen MR) is 110 cm³/mol. The average Bonchev–Trinajstić information content (AvgIpc) is 3.24. The number of carbonyl (C=O) groups is 1. The van der Waals surface area contributed by atoms with Gasteiger partial charge in [-0.3, -0.25) is 4.79 Å². The van der Waals surface area contributed by atoms with Crippen LogP contribution in [-0.2, 0) is 12.8 Å². The molecular weight excluding hydrogens is 360 g/mol. The van der Waals surface area contributed by atoms with E-state index in [1.54, 1.807) is 0 Å². The van der Waals surface area contributed by atoms with Crippen molar-refractivity contribution in [2.75, 3.05) is 19.6 Å². The molecule has 5 nitrogen and oxygen atoms in total. The van der Waals surface area contributed by atoms with Crippen LogP contribution < -0.4 is 5.73 Å². The fraction of sp³-hybridized carbons (Fsp3) is 0.524. The van der Waals surface area contributed by atoms with Gasteiger partial charge in [0.2, 0.25) is 0 Å². The van der Waals surface area contributed by atoms with Crippen LogP contribution in [0.5, 0.6) is 0 Å². The minimum Gasteiger partial charge on any atom is -0.337 e. The van der Waals surface area contributed by atoms with Crippen molar-refractivity contribution in [1.29, 1.82) is 0 Å². The molecule has 1 aliphatic heterocycles. The van der Waals surface area contributed by atoms with E-state index in [4.69, 9.17) is 10.8 Å². The molecule has 2 N–H and O–H groups in total. The Labute approximate surface area is 167 Å². The van der Waals surface area contributed by atoms with Gasteiger partial charge in [-0.1, -0.05) is 24.6 Å². The van der Waals surface area contributed by atoms with Crippen molar-refractivity contribution in [1.82, 2.24) is 14.7 Å². The third kappa shape index (κ3) is 3.63. The van der Waals surface area contributed by atoms with E-state index in [1.165, 1.54) is 11.3 Å². The summed E-state index contributed by atoms with van der Waals surface area (Å²) < 4.78 is 2.00. The maximum atomic E-state index is 13.2. The van der Waals surface area contributed by atoms with Crippen LogP contribution in [0.2, 0.25) is 0 Å². The Hall–Kier alpha value is -1.85. The van der Waals surface area contributed by atoms with Crippen molar-refractivity contribution in [3.8, 4) is 5.69 Å². The van der Waals surface area contributed by atoms with Crippen LogP contribution in [-0.4, -0.2) is 40.2 Å². The summed E-state index contributed by atoms with van der Waals surface area (Å²) in [6, 6.07) is 8.38. The summed E-state index contributed by atoms with van der Waals surface area (Å²) in [5, 5.41) is 4.80. The molecule has 0 saturated carbocycles. The van der Waals surface area contributed by atoms with Crippen LogP contribution in [0.1, 0.15) is 53.5 Å². The summed E-state index contributed by atoms with van der Waals surface area (Å²) in [5.74, 6) is 0.0752. The highest BCUT2D eigenvalue weighted by atomic mass is 35.5. The smallest absolute Gasteiger partial charge is 0.274 e. The predicted octanol–water partition coefficient (Wildman–Crippen LogP) is 3.29. The summed E-state index contributed by atoms with van der Waals surface area (Å²) in [7, 11) is 0. The Bertz CT molecular complexity index is 829. The quantitative estimate of drug-likeness (QED) is 0.877. The van der Waals surface area contributed by atoms with Gasteiger partial charge in [-0.05, 0) is 63.1 Å². The number of carbonyl (C=O) groups excluding carboxylic acids is 1. The molecule has 1 unspecified atom stereocenters.